The summed E-state index contributed by atoms with van der Waals surface area (Å²) < 4.78 is 6.85. The Morgan fingerprint density at radius 2 is 1.97 bits per heavy atom. The molecule has 0 aliphatic rings. The van der Waals surface area contributed by atoms with E-state index in [1.807, 2.05) is 56.3 Å². The number of hydrogen-bond acceptors (Lipinski definition) is 6. The molecule has 2 aromatic carbocycles. The molecule has 0 aliphatic heterocycles. The van der Waals surface area contributed by atoms with Crippen LogP contribution in [0.5, 0.6) is 0 Å². The molecule has 1 amide bonds. The number of anilines is 1. The molecule has 0 saturated carbocycles. The number of nitrogens with one attached hydrogen (secondary N) is 1. The Bertz CT molecular complexity index is 1540. The lowest BCUT2D eigenvalue weighted by Crippen LogP contribution is -2.18. The monoisotopic (exact) mass is 422 g/mol. The van der Waals surface area contributed by atoms with Crippen molar-refractivity contribution < 1.29 is 9.32 Å². The first kappa shape index (κ1) is 19.5. The van der Waals surface area contributed by atoms with Gasteiger partial charge in [-0.25, -0.2) is 4.98 Å². The number of para-hydroxylation sites is 1. The van der Waals surface area contributed by atoms with Crippen LogP contribution >= 0.6 is 0 Å². The van der Waals surface area contributed by atoms with E-state index in [2.05, 4.69) is 26.6 Å². The number of fused-ring (bicyclic) bond motifs is 2. The summed E-state index contributed by atoms with van der Waals surface area (Å²) in [5.41, 5.74) is 4.39. The number of hydrogen-bond donors (Lipinski definition) is 1. The lowest BCUT2D eigenvalue weighted by molar-refractivity contribution is -0.115. The summed E-state index contributed by atoms with van der Waals surface area (Å²) in [5.74, 6) is 0.427. The third kappa shape index (κ3) is 3.36. The minimum atomic E-state index is -0.336. The Hall–Kier alpha value is -4.51. The zero-order valence-corrected chi connectivity index (χ0v) is 17.5. The number of benzene rings is 2. The summed E-state index contributed by atoms with van der Waals surface area (Å²) in [6.45, 7) is 4.00. The Kier molecular flexibility index (Phi) is 4.64. The van der Waals surface area contributed by atoms with Gasteiger partial charge in [0.15, 0.2) is 17.2 Å². The molecule has 0 spiro atoms. The molecule has 3 aromatic heterocycles. The maximum absolute atomic E-state index is 12.9. The van der Waals surface area contributed by atoms with E-state index in [0.717, 1.165) is 27.4 Å². The number of nitriles is 1. The highest BCUT2D eigenvalue weighted by Crippen LogP contribution is 2.24. The molecule has 3 heterocycles. The van der Waals surface area contributed by atoms with E-state index in [9.17, 15) is 10.1 Å². The highest BCUT2D eigenvalue weighted by Gasteiger charge is 2.19. The van der Waals surface area contributed by atoms with Crippen molar-refractivity contribution in [2.24, 2.45) is 0 Å². The number of carbonyl (C=O) groups excluding carboxylic acids is 1. The van der Waals surface area contributed by atoms with Gasteiger partial charge in [0, 0.05) is 10.8 Å². The van der Waals surface area contributed by atoms with Crippen molar-refractivity contribution in [3.8, 4) is 11.9 Å². The zero-order chi connectivity index (χ0) is 22.2. The number of aryl methyl sites for hydroxylation is 2. The Labute approximate surface area is 183 Å². The maximum Gasteiger partial charge on any atom is 0.231 e. The van der Waals surface area contributed by atoms with Crippen molar-refractivity contribution in [2.45, 2.75) is 20.3 Å². The van der Waals surface area contributed by atoms with Crippen LogP contribution in [0.2, 0.25) is 0 Å². The lowest BCUT2D eigenvalue weighted by atomic mass is 10.1. The van der Waals surface area contributed by atoms with Crippen molar-refractivity contribution in [1.29, 1.82) is 5.26 Å². The molecule has 8 nitrogen and oxygen atoms in total. The molecule has 0 unspecified atom stereocenters. The van der Waals surface area contributed by atoms with Gasteiger partial charge < -0.3 is 9.84 Å². The van der Waals surface area contributed by atoms with Crippen molar-refractivity contribution in [3.05, 3.63) is 77.1 Å². The predicted octanol–water partition coefficient (Wildman–Crippen LogP) is 4.23. The smallest absolute Gasteiger partial charge is 0.231 e. The highest BCUT2D eigenvalue weighted by atomic mass is 16.5. The largest absolute Gasteiger partial charge is 0.356 e. The van der Waals surface area contributed by atoms with Crippen molar-refractivity contribution >= 4 is 33.6 Å². The van der Waals surface area contributed by atoms with Gasteiger partial charge in [-0.15, -0.1) is 0 Å². The second kappa shape index (κ2) is 7.63. The quantitative estimate of drug-likeness (QED) is 0.464. The average molecular weight is 422 g/mol. The van der Waals surface area contributed by atoms with Crippen LogP contribution < -0.4 is 5.32 Å². The van der Waals surface area contributed by atoms with Gasteiger partial charge in [0.1, 0.15) is 17.3 Å². The summed E-state index contributed by atoms with van der Waals surface area (Å²) in [5, 5.41) is 22.4. The average Bonchev–Trinajstić information content (AvgIpc) is 3.37. The molecule has 8 heteroatoms. The molecule has 5 aromatic rings. The molecule has 0 atom stereocenters. The second-order valence-electron chi connectivity index (χ2n) is 7.58. The van der Waals surface area contributed by atoms with Gasteiger partial charge in [0.2, 0.25) is 5.91 Å². The third-order valence-electron chi connectivity index (χ3n) is 5.44. The molecule has 0 fully saturated rings. The van der Waals surface area contributed by atoms with Crippen molar-refractivity contribution in [1.82, 2.24) is 19.9 Å². The zero-order valence-electron chi connectivity index (χ0n) is 17.5. The topological polar surface area (TPSA) is 110 Å². The van der Waals surface area contributed by atoms with Gasteiger partial charge in [-0.05, 0) is 55.3 Å². The van der Waals surface area contributed by atoms with E-state index in [1.54, 1.807) is 6.07 Å². The normalized spacial score (nSPS) is 11.0. The highest BCUT2D eigenvalue weighted by molar-refractivity contribution is 5.95. The Balaban J connectivity index is 1.46. The number of amides is 1. The van der Waals surface area contributed by atoms with Crippen molar-refractivity contribution in [2.75, 3.05) is 5.32 Å². The molecule has 0 radical (unpaired) electrons. The van der Waals surface area contributed by atoms with Gasteiger partial charge in [0.05, 0.1) is 18.1 Å². The fourth-order valence-corrected chi connectivity index (χ4v) is 3.60. The number of aromatic nitrogens is 4. The van der Waals surface area contributed by atoms with E-state index < -0.39 is 0 Å². The maximum atomic E-state index is 12.9. The number of carbonyl (C=O) groups is 1. The van der Waals surface area contributed by atoms with Crippen molar-refractivity contribution in [3.63, 3.8) is 0 Å². The number of nitrogens with zero attached hydrogens (tertiary/aromatic N) is 5. The van der Waals surface area contributed by atoms with Crippen LogP contribution in [0.15, 0.2) is 59.3 Å². The molecule has 5 rings (SSSR count). The summed E-state index contributed by atoms with van der Waals surface area (Å²) in [7, 11) is 0. The standard InChI is InChI=1S/C24H18N6O2/c1-14-9-18-20(29-32-21(18)10-15(14)2)11-23(31)28-24-17(12-25)13-26-30(24)22-8-7-16-5-3-4-6-19(16)27-22/h3-10,13H,11H2,1-2H3,(H,28,31). The molecular weight excluding hydrogens is 404 g/mol. The second-order valence-corrected chi connectivity index (χ2v) is 7.58. The third-order valence-corrected chi connectivity index (χ3v) is 5.44. The summed E-state index contributed by atoms with van der Waals surface area (Å²) >= 11 is 0. The molecule has 0 aliphatic carbocycles. The van der Waals surface area contributed by atoms with E-state index in [-0.39, 0.29) is 23.7 Å². The van der Waals surface area contributed by atoms with Crippen LogP contribution in [0.25, 0.3) is 27.7 Å². The van der Waals surface area contributed by atoms with Gasteiger partial charge in [0.25, 0.3) is 0 Å². The van der Waals surface area contributed by atoms with Gasteiger partial charge in [-0.3, -0.25) is 4.79 Å². The fraction of sp³-hybridized carbons (Fsp3) is 0.125. The van der Waals surface area contributed by atoms with Gasteiger partial charge in [-0.1, -0.05) is 23.4 Å². The van der Waals surface area contributed by atoms with Crippen LogP contribution in [0.1, 0.15) is 22.4 Å². The SMILES string of the molecule is Cc1cc2onc(CC(=O)Nc3c(C#N)cnn3-c3ccc4ccccc4n3)c2cc1C. The van der Waals surface area contributed by atoms with Gasteiger partial charge in [-0.2, -0.15) is 15.0 Å². The van der Waals surface area contributed by atoms with E-state index in [4.69, 9.17) is 4.52 Å². The van der Waals surface area contributed by atoms with Gasteiger partial charge >= 0.3 is 0 Å². The lowest BCUT2D eigenvalue weighted by Gasteiger charge is -2.09. The van der Waals surface area contributed by atoms with Crippen LogP contribution in [0.4, 0.5) is 5.82 Å². The summed E-state index contributed by atoms with van der Waals surface area (Å²) in [4.78, 5) is 17.5. The summed E-state index contributed by atoms with van der Waals surface area (Å²) in [6.07, 6.45) is 1.40. The molecule has 32 heavy (non-hydrogen) atoms. The Morgan fingerprint density at radius 3 is 2.81 bits per heavy atom. The molecule has 0 bridgehead atoms. The molecule has 0 saturated heterocycles. The first-order valence-electron chi connectivity index (χ1n) is 10.0. The van der Waals surface area contributed by atoms with Crippen LogP contribution in [0.3, 0.4) is 0 Å². The number of pyridine rings is 1. The molecular formula is C24H18N6O2. The summed E-state index contributed by atoms with van der Waals surface area (Å²) in [6, 6.07) is 17.4. The predicted molar refractivity (Wildman–Crippen MR) is 119 cm³/mol. The van der Waals surface area contributed by atoms with Crippen LogP contribution in [0, 0.1) is 25.2 Å². The minimum Gasteiger partial charge on any atom is -0.356 e. The molecule has 156 valence electrons. The minimum absolute atomic E-state index is 0.00328. The molecule has 1 N–H and O–H groups in total. The first-order valence-corrected chi connectivity index (χ1v) is 10.0. The van der Waals surface area contributed by atoms with E-state index in [0.29, 0.717) is 17.1 Å². The van der Waals surface area contributed by atoms with Crippen LogP contribution in [-0.4, -0.2) is 25.8 Å². The fourth-order valence-electron chi connectivity index (χ4n) is 3.60. The van der Waals surface area contributed by atoms with Crippen LogP contribution in [-0.2, 0) is 11.2 Å². The Morgan fingerprint density at radius 1 is 1.16 bits per heavy atom. The number of rotatable bonds is 4. The van der Waals surface area contributed by atoms with E-state index in [1.165, 1.54) is 10.9 Å². The van der Waals surface area contributed by atoms with E-state index >= 15 is 0 Å². The first-order chi connectivity index (χ1) is 15.5.